The van der Waals surface area contributed by atoms with E-state index in [-0.39, 0.29) is 17.5 Å². The number of amides is 2. The maximum atomic E-state index is 12.2. The molecule has 0 unspecified atom stereocenters. The van der Waals surface area contributed by atoms with Crippen molar-refractivity contribution in [2.45, 2.75) is 6.92 Å². The Morgan fingerprint density at radius 2 is 1.77 bits per heavy atom. The van der Waals surface area contributed by atoms with Crippen molar-refractivity contribution < 1.29 is 9.59 Å². The van der Waals surface area contributed by atoms with Crippen molar-refractivity contribution >= 4 is 23.3 Å². The first kappa shape index (κ1) is 17.4. The number of rotatable bonds is 3. The van der Waals surface area contributed by atoms with E-state index in [9.17, 15) is 9.59 Å². The zero-order valence-electron chi connectivity index (χ0n) is 14.3. The van der Waals surface area contributed by atoms with E-state index < -0.39 is 0 Å². The summed E-state index contributed by atoms with van der Waals surface area (Å²) in [7, 11) is 0. The average Bonchev–Trinajstić information content (AvgIpc) is 2.69. The van der Waals surface area contributed by atoms with Gasteiger partial charge in [0.25, 0.3) is 5.91 Å². The van der Waals surface area contributed by atoms with Gasteiger partial charge in [-0.1, -0.05) is 0 Å². The topological polar surface area (TPSA) is 102 Å². The number of nitrogens with one attached hydrogen (secondary N) is 1. The van der Waals surface area contributed by atoms with Crippen LogP contribution in [-0.4, -0.2) is 52.9 Å². The highest BCUT2D eigenvalue weighted by Gasteiger charge is 2.20. The molecule has 1 aliphatic rings. The quantitative estimate of drug-likeness (QED) is 0.894. The molecule has 1 aromatic heterocycles. The van der Waals surface area contributed by atoms with Gasteiger partial charge in [-0.2, -0.15) is 5.26 Å². The van der Waals surface area contributed by atoms with Gasteiger partial charge in [0.15, 0.2) is 0 Å². The van der Waals surface area contributed by atoms with Crippen molar-refractivity contribution in [2.75, 3.05) is 36.4 Å². The minimum Gasteiger partial charge on any atom is -0.352 e. The summed E-state index contributed by atoms with van der Waals surface area (Å²) in [6.07, 6.45) is 3.00. The van der Waals surface area contributed by atoms with Gasteiger partial charge in [-0.3, -0.25) is 9.59 Å². The average molecular weight is 350 g/mol. The van der Waals surface area contributed by atoms with Crippen LogP contribution in [0.4, 0.5) is 11.5 Å². The molecule has 2 amide bonds. The molecule has 0 radical (unpaired) electrons. The maximum Gasteiger partial charge on any atom is 0.275 e. The Morgan fingerprint density at radius 3 is 2.31 bits per heavy atom. The highest BCUT2D eigenvalue weighted by molar-refractivity contribution is 6.02. The largest absolute Gasteiger partial charge is 0.352 e. The number of carbonyl (C=O) groups is 2. The van der Waals surface area contributed by atoms with E-state index in [0.29, 0.717) is 43.2 Å². The molecule has 3 rings (SSSR count). The number of carbonyl (C=O) groups excluding carboxylic acids is 2. The monoisotopic (exact) mass is 350 g/mol. The summed E-state index contributed by atoms with van der Waals surface area (Å²) in [4.78, 5) is 35.9. The molecular formula is C18H18N6O2. The van der Waals surface area contributed by atoms with E-state index in [1.807, 2.05) is 11.0 Å². The van der Waals surface area contributed by atoms with Crippen LogP contribution in [0.15, 0.2) is 36.7 Å². The zero-order valence-corrected chi connectivity index (χ0v) is 14.3. The van der Waals surface area contributed by atoms with Crippen molar-refractivity contribution in [1.82, 2.24) is 14.9 Å². The Labute approximate surface area is 151 Å². The standard InChI is InChI=1S/C18H18N6O2/c1-13(25)23-6-8-24(9-7-23)17-12-20-16(11-21-17)18(26)22-15-4-2-14(10-19)3-5-15/h2-5,11-12H,6-9H2,1H3,(H,22,26). The van der Waals surface area contributed by atoms with Crippen LogP contribution in [0, 0.1) is 11.3 Å². The number of aromatic nitrogens is 2. The van der Waals surface area contributed by atoms with E-state index >= 15 is 0 Å². The molecule has 132 valence electrons. The summed E-state index contributed by atoms with van der Waals surface area (Å²) < 4.78 is 0. The van der Waals surface area contributed by atoms with Crippen LogP contribution in [-0.2, 0) is 4.79 Å². The molecule has 2 aromatic rings. The molecule has 1 fully saturated rings. The molecular weight excluding hydrogens is 332 g/mol. The highest BCUT2D eigenvalue weighted by atomic mass is 16.2. The van der Waals surface area contributed by atoms with E-state index in [1.165, 1.54) is 6.20 Å². The lowest BCUT2D eigenvalue weighted by atomic mass is 10.2. The maximum absolute atomic E-state index is 12.2. The SMILES string of the molecule is CC(=O)N1CCN(c2cnc(C(=O)Nc3ccc(C#N)cc3)cn2)CC1. The smallest absolute Gasteiger partial charge is 0.275 e. The Balaban J connectivity index is 1.61. The molecule has 1 saturated heterocycles. The van der Waals surface area contributed by atoms with Crippen molar-refractivity contribution in [3.63, 3.8) is 0 Å². The molecule has 8 heteroatoms. The zero-order chi connectivity index (χ0) is 18.5. The summed E-state index contributed by atoms with van der Waals surface area (Å²) in [5, 5.41) is 11.5. The summed E-state index contributed by atoms with van der Waals surface area (Å²) in [5.41, 5.74) is 1.32. The second kappa shape index (κ2) is 7.61. The van der Waals surface area contributed by atoms with E-state index in [2.05, 4.69) is 15.3 Å². The molecule has 0 spiro atoms. The lowest BCUT2D eigenvalue weighted by Gasteiger charge is -2.34. The van der Waals surface area contributed by atoms with Crippen molar-refractivity contribution in [2.24, 2.45) is 0 Å². The third kappa shape index (κ3) is 3.95. The number of anilines is 2. The first-order valence-corrected chi connectivity index (χ1v) is 8.21. The van der Waals surface area contributed by atoms with Gasteiger partial charge in [0.1, 0.15) is 11.5 Å². The lowest BCUT2D eigenvalue weighted by molar-refractivity contribution is -0.129. The van der Waals surface area contributed by atoms with Gasteiger partial charge < -0.3 is 15.1 Å². The fourth-order valence-electron chi connectivity index (χ4n) is 2.68. The van der Waals surface area contributed by atoms with Gasteiger partial charge in [0.05, 0.1) is 24.0 Å². The van der Waals surface area contributed by atoms with Gasteiger partial charge in [-0.25, -0.2) is 9.97 Å². The van der Waals surface area contributed by atoms with Crippen LogP contribution >= 0.6 is 0 Å². The Morgan fingerprint density at radius 1 is 1.08 bits per heavy atom. The molecule has 0 aliphatic carbocycles. The van der Waals surface area contributed by atoms with E-state index in [1.54, 1.807) is 42.3 Å². The molecule has 2 heterocycles. The number of benzene rings is 1. The fourth-order valence-corrected chi connectivity index (χ4v) is 2.68. The van der Waals surface area contributed by atoms with Gasteiger partial charge in [-0.05, 0) is 24.3 Å². The van der Waals surface area contributed by atoms with Crippen LogP contribution in [0.3, 0.4) is 0 Å². The number of hydrogen-bond acceptors (Lipinski definition) is 6. The summed E-state index contributed by atoms with van der Waals surface area (Å²) in [6.45, 7) is 4.24. The van der Waals surface area contributed by atoms with Gasteiger partial charge in [0.2, 0.25) is 5.91 Å². The Hall–Kier alpha value is -3.47. The van der Waals surface area contributed by atoms with Crippen molar-refractivity contribution in [1.29, 1.82) is 5.26 Å². The first-order chi connectivity index (χ1) is 12.6. The number of nitrogens with zero attached hydrogens (tertiary/aromatic N) is 5. The second-order valence-corrected chi connectivity index (χ2v) is 5.90. The molecule has 1 N–H and O–H groups in total. The minimum atomic E-state index is -0.366. The van der Waals surface area contributed by atoms with Crippen molar-refractivity contribution in [3.05, 3.63) is 47.9 Å². The Bertz CT molecular complexity index is 833. The number of hydrogen-bond donors (Lipinski definition) is 1. The lowest BCUT2D eigenvalue weighted by Crippen LogP contribution is -2.48. The van der Waals surface area contributed by atoms with E-state index in [4.69, 9.17) is 5.26 Å². The fraction of sp³-hybridized carbons (Fsp3) is 0.278. The molecule has 0 bridgehead atoms. The van der Waals surface area contributed by atoms with Crippen LogP contribution in [0.25, 0.3) is 0 Å². The summed E-state index contributed by atoms with van der Waals surface area (Å²) in [6, 6.07) is 8.60. The number of piperazine rings is 1. The molecule has 0 saturated carbocycles. The van der Waals surface area contributed by atoms with Crippen LogP contribution in [0.1, 0.15) is 23.0 Å². The first-order valence-electron chi connectivity index (χ1n) is 8.21. The van der Waals surface area contributed by atoms with Crippen LogP contribution in [0.5, 0.6) is 0 Å². The predicted molar refractivity (Wildman–Crippen MR) is 95.6 cm³/mol. The minimum absolute atomic E-state index is 0.0746. The molecule has 26 heavy (non-hydrogen) atoms. The predicted octanol–water partition coefficient (Wildman–Crippen LogP) is 1.27. The van der Waals surface area contributed by atoms with Gasteiger partial charge >= 0.3 is 0 Å². The van der Waals surface area contributed by atoms with Crippen LogP contribution in [0.2, 0.25) is 0 Å². The molecule has 8 nitrogen and oxygen atoms in total. The summed E-state index contributed by atoms with van der Waals surface area (Å²) >= 11 is 0. The van der Waals surface area contributed by atoms with Crippen molar-refractivity contribution in [3.8, 4) is 6.07 Å². The number of nitriles is 1. The third-order valence-corrected chi connectivity index (χ3v) is 4.19. The van der Waals surface area contributed by atoms with Crippen LogP contribution < -0.4 is 10.2 Å². The van der Waals surface area contributed by atoms with Gasteiger partial charge in [-0.15, -0.1) is 0 Å². The molecule has 1 aliphatic heterocycles. The molecule has 0 atom stereocenters. The molecule has 1 aromatic carbocycles. The normalized spacial score (nSPS) is 13.8. The van der Waals surface area contributed by atoms with E-state index in [0.717, 1.165) is 0 Å². The Kier molecular flexibility index (Phi) is 5.08. The highest BCUT2D eigenvalue weighted by Crippen LogP contribution is 2.14. The summed E-state index contributed by atoms with van der Waals surface area (Å²) in [5.74, 6) is 0.392. The third-order valence-electron chi connectivity index (χ3n) is 4.19. The van der Waals surface area contributed by atoms with Gasteiger partial charge in [0, 0.05) is 38.8 Å². The second-order valence-electron chi connectivity index (χ2n) is 5.90.